The van der Waals surface area contributed by atoms with Crippen molar-refractivity contribution in [1.82, 2.24) is 4.90 Å². The number of rotatable bonds is 2. The van der Waals surface area contributed by atoms with Crippen molar-refractivity contribution in [2.75, 3.05) is 13.6 Å². The average Bonchev–Trinajstić information content (AvgIpc) is 2.28. The summed E-state index contributed by atoms with van der Waals surface area (Å²) in [6.45, 7) is 5.33. The van der Waals surface area contributed by atoms with Crippen LogP contribution in [0, 0.1) is 5.92 Å². The van der Waals surface area contributed by atoms with Crippen molar-refractivity contribution in [2.24, 2.45) is 5.92 Å². The van der Waals surface area contributed by atoms with Gasteiger partial charge in [0.2, 0.25) is 0 Å². The molecule has 17 heavy (non-hydrogen) atoms. The molecule has 0 saturated carbocycles. The minimum atomic E-state index is -0.548. The molecule has 2 nitrogen and oxygen atoms in total. The van der Waals surface area contributed by atoms with Crippen LogP contribution in [-0.2, 0) is 6.42 Å². The summed E-state index contributed by atoms with van der Waals surface area (Å²) in [6.07, 6.45) is 1.63. The fourth-order valence-electron chi connectivity index (χ4n) is 2.85. The summed E-state index contributed by atoms with van der Waals surface area (Å²) in [5.74, 6) is 0.323. The van der Waals surface area contributed by atoms with Gasteiger partial charge >= 0.3 is 0 Å². The van der Waals surface area contributed by atoms with Gasteiger partial charge in [0.25, 0.3) is 0 Å². The van der Waals surface area contributed by atoms with Gasteiger partial charge in [0, 0.05) is 19.0 Å². The third kappa shape index (κ3) is 2.70. The highest BCUT2D eigenvalue weighted by atomic mass is 16.3. The first-order valence-corrected chi connectivity index (χ1v) is 6.48. The van der Waals surface area contributed by atoms with Crippen LogP contribution in [0.2, 0.25) is 0 Å². The van der Waals surface area contributed by atoms with E-state index in [0.717, 1.165) is 19.4 Å². The van der Waals surface area contributed by atoms with Crippen LogP contribution in [-0.4, -0.2) is 35.2 Å². The fourth-order valence-corrected chi connectivity index (χ4v) is 2.85. The largest absolute Gasteiger partial charge is 0.389 e. The van der Waals surface area contributed by atoms with Crippen LogP contribution >= 0.6 is 0 Å². The summed E-state index contributed by atoms with van der Waals surface area (Å²) < 4.78 is 0. The molecule has 2 heteroatoms. The molecule has 0 aliphatic carbocycles. The van der Waals surface area contributed by atoms with E-state index in [9.17, 15) is 5.11 Å². The molecule has 1 saturated heterocycles. The lowest BCUT2D eigenvalue weighted by atomic mass is 9.75. The van der Waals surface area contributed by atoms with Crippen molar-refractivity contribution < 1.29 is 5.11 Å². The zero-order valence-corrected chi connectivity index (χ0v) is 11.1. The SMILES string of the molecule is C[C@@H]1CN(C)[C@@H](C)C[C@]1(O)Cc1ccccc1. The van der Waals surface area contributed by atoms with Crippen LogP contribution in [0.25, 0.3) is 0 Å². The highest BCUT2D eigenvalue weighted by molar-refractivity contribution is 5.18. The molecule has 1 heterocycles. The van der Waals surface area contributed by atoms with E-state index in [1.165, 1.54) is 5.56 Å². The van der Waals surface area contributed by atoms with Gasteiger partial charge in [-0.3, -0.25) is 0 Å². The number of piperidine rings is 1. The van der Waals surface area contributed by atoms with Crippen molar-refractivity contribution in [3.8, 4) is 0 Å². The zero-order chi connectivity index (χ0) is 12.5. The predicted octanol–water partition coefficient (Wildman–Crippen LogP) is 2.32. The van der Waals surface area contributed by atoms with Gasteiger partial charge in [-0.25, -0.2) is 0 Å². The van der Waals surface area contributed by atoms with Crippen LogP contribution in [0.3, 0.4) is 0 Å². The zero-order valence-electron chi connectivity index (χ0n) is 11.1. The van der Waals surface area contributed by atoms with E-state index >= 15 is 0 Å². The lowest BCUT2D eigenvalue weighted by Crippen LogP contribution is -2.54. The minimum absolute atomic E-state index is 0.323. The van der Waals surface area contributed by atoms with E-state index in [1.54, 1.807) is 0 Å². The fraction of sp³-hybridized carbons (Fsp3) is 0.600. The molecule has 2 rings (SSSR count). The number of hydrogen-bond acceptors (Lipinski definition) is 2. The Morgan fingerprint density at radius 1 is 1.29 bits per heavy atom. The van der Waals surface area contributed by atoms with E-state index in [2.05, 4.69) is 37.9 Å². The van der Waals surface area contributed by atoms with Crippen molar-refractivity contribution >= 4 is 0 Å². The summed E-state index contributed by atoms with van der Waals surface area (Å²) in [4.78, 5) is 2.34. The summed E-state index contributed by atoms with van der Waals surface area (Å²) in [5.41, 5.74) is 0.686. The third-order valence-electron chi connectivity index (χ3n) is 4.23. The second-order valence-corrected chi connectivity index (χ2v) is 5.66. The first-order valence-electron chi connectivity index (χ1n) is 6.48. The molecule has 0 radical (unpaired) electrons. The molecule has 0 spiro atoms. The van der Waals surface area contributed by atoms with E-state index < -0.39 is 5.60 Å². The molecule has 1 aliphatic heterocycles. The molecule has 0 unspecified atom stereocenters. The predicted molar refractivity (Wildman–Crippen MR) is 71.0 cm³/mol. The summed E-state index contributed by atoms with van der Waals surface area (Å²) in [7, 11) is 2.14. The summed E-state index contributed by atoms with van der Waals surface area (Å²) in [6, 6.07) is 10.8. The average molecular weight is 233 g/mol. The Morgan fingerprint density at radius 2 is 1.94 bits per heavy atom. The van der Waals surface area contributed by atoms with Crippen molar-refractivity contribution in [3.63, 3.8) is 0 Å². The molecule has 0 amide bonds. The van der Waals surface area contributed by atoms with Crippen LogP contribution in [0.5, 0.6) is 0 Å². The quantitative estimate of drug-likeness (QED) is 0.847. The maximum Gasteiger partial charge on any atom is 0.0740 e. The minimum Gasteiger partial charge on any atom is -0.389 e. The Labute approximate surface area is 104 Å². The maximum atomic E-state index is 10.9. The Bertz CT molecular complexity index is 364. The molecule has 1 aromatic carbocycles. The van der Waals surface area contributed by atoms with Gasteiger partial charge in [-0.1, -0.05) is 37.3 Å². The molecule has 1 aromatic rings. The van der Waals surface area contributed by atoms with E-state index in [-0.39, 0.29) is 0 Å². The van der Waals surface area contributed by atoms with Crippen molar-refractivity contribution in [1.29, 1.82) is 0 Å². The van der Waals surface area contributed by atoms with Gasteiger partial charge in [0.15, 0.2) is 0 Å². The molecule has 1 fully saturated rings. The standard InChI is InChI=1S/C15H23NO/c1-12-11-16(3)13(2)9-15(12,17)10-14-7-5-4-6-8-14/h4-8,12-13,17H,9-11H2,1-3H3/t12-,13+,15+/m1/s1. The van der Waals surface area contributed by atoms with Crippen LogP contribution < -0.4 is 0 Å². The summed E-state index contributed by atoms with van der Waals surface area (Å²) >= 11 is 0. The van der Waals surface area contributed by atoms with E-state index in [0.29, 0.717) is 12.0 Å². The molecule has 1 N–H and O–H groups in total. The molecule has 0 bridgehead atoms. The molecule has 0 aromatic heterocycles. The molecule has 1 aliphatic rings. The number of nitrogens with zero attached hydrogens (tertiary/aromatic N) is 1. The first-order chi connectivity index (χ1) is 8.01. The Kier molecular flexibility index (Phi) is 3.55. The van der Waals surface area contributed by atoms with Gasteiger partial charge in [0.05, 0.1) is 5.60 Å². The van der Waals surface area contributed by atoms with Gasteiger partial charge in [-0.05, 0) is 31.9 Å². The topological polar surface area (TPSA) is 23.5 Å². The Morgan fingerprint density at radius 3 is 2.59 bits per heavy atom. The van der Waals surface area contributed by atoms with Gasteiger partial charge < -0.3 is 10.0 Å². The van der Waals surface area contributed by atoms with E-state index in [4.69, 9.17) is 0 Å². The van der Waals surface area contributed by atoms with Gasteiger partial charge in [0.1, 0.15) is 0 Å². The smallest absolute Gasteiger partial charge is 0.0740 e. The van der Waals surface area contributed by atoms with Crippen LogP contribution in [0.1, 0.15) is 25.8 Å². The van der Waals surface area contributed by atoms with Gasteiger partial charge in [-0.15, -0.1) is 0 Å². The molecule has 94 valence electrons. The van der Waals surface area contributed by atoms with Crippen LogP contribution in [0.4, 0.5) is 0 Å². The maximum absolute atomic E-state index is 10.9. The first kappa shape index (κ1) is 12.6. The molecule has 3 atom stereocenters. The number of likely N-dealkylation sites (tertiary alicyclic amines) is 1. The van der Waals surface area contributed by atoms with Crippen molar-refractivity contribution in [2.45, 2.75) is 38.3 Å². The highest BCUT2D eigenvalue weighted by Crippen LogP contribution is 2.33. The number of hydrogen-bond donors (Lipinski definition) is 1. The Hall–Kier alpha value is -0.860. The van der Waals surface area contributed by atoms with E-state index in [1.807, 2.05) is 18.2 Å². The second kappa shape index (κ2) is 4.79. The second-order valence-electron chi connectivity index (χ2n) is 5.66. The van der Waals surface area contributed by atoms with Crippen molar-refractivity contribution in [3.05, 3.63) is 35.9 Å². The highest BCUT2D eigenvalue weighted by Gasteiger charge is 2.40. The lowest BCUT2D eigenvalue weighted by Gasteiger charge is -2.46. The summed E-state index contributed by atoms with van der Waals surface area (Å²) in [5, 5.41) is 10.9. The third-order valence-corrected chi connectivity index (χ3v) is 4.23. The number of benzene rings is 1. The molecular formula is C15H23NO. The Balaban J connectivity index is 2.13. The molecular weight excluding hydrogens is 210 g/mol. The lowest BCUT2D eigenvalue weighted by molar-refractivity contribution is -0.0778. The normalized spacial score (nSPS) is 34.8. The van der Waals surface area contributed by atoms with Gasteiger partial charge in [-0.2, -0.15) is 0 Å². The monoisotopic (exact) mass is 233 g/mol. The van der Waals surface area contributed by atoms with Crippen LogP contribution in [0.15, 0.2) is 30.3 Å². The number of aliphatic hydroxyl groups is 1.